The summed E-state index contributed by atoms with van der Waals surface area (Å²) in [6.07, 6.45) is -12.2. The van der Waals surface area contributed by atoms with E-state index in [2.05, 4.69) is 11.3 Å². The molecule has 0 spiro atoms. The van der Waals surface area contributed by atoms with Gasteiger partial charge < -0.3 is 9.84 Å². The van der Waals surface area contributed by atoms with Gasteiger partial charge >= 0.3 is 18.3 Å². The molecule has 0 aromatic carbocycles. The minimum atomic E-state index is -6.08. The molecule has 0 heterocycles. The van der Waals surface area contributed by atoms with E-state index in [0.29, 0.717) is 13.8 Å². The van der Waals surface area contributed by atoms with Gasteiger partial charge in [0.2, 0.25) is 0 Å². The molecule has 0 saturated carbocycles. The second-order valence-electron chi connectivity index (χ2n) is 4.39. The second kappa shape index (κ2) is 4.69. The molecule has 0 aliphatic rings. The molecule has 0 aliphatic heterocycles. The first kappa shape index (κ1) is 17.8. The Morgan fingerprint density at radius 1 is 1.05 bits per heavy atom. The largest absolute Gasteiger partial charge is 0.452 e. The van der Waals surface area contributed by atoms with Gasteiger partial charge in [0.1, 0.15) is 0 Å². The number of aliphatic hydroxyl groups is 1. The summed E-state index contributed by atoms with van der Waals surface area (Å²) in [6.45, 7) is 4.70. The van der Waals surface area contributed by atoms with Crippen molar-refractivity contribution >= 4 is 5.97 Å². The third kappa shape index (κ3) is 3.02. The fraction of sp³-hybridized carbons (Fsp3) is 0.700. The first-order valence-corrected chi connectivity index (χ1v) is 4.82. The van der Waals surface area contributed by atoms with Gasteiger partial charge in [0.25, 0.3) is 5.60 Å². The summed E-state index contributed by atoms with van der Waals surface area (Å²) >= 11 is 0. The number of ether oxygens (including phenoxy) is 1. The van der Waals surface area contributed by atoms with Crippen LogP contribution in [0.1, 0.15) is 20.8 Å². The minimum absolute atomic E-state index is 0.314. The average molecular weight is 294 g/mol. The van der Waals surface area contributed by atoms with E-state index in [0.717, 1.165) is 6.92 Å². The van der Waals surface area contributed by atoms with Crippen LogP contribution in [0.3, 0.4) is 0 Å². The normalized spacial score (nSPS) is 14.2. The number of carbonyl (C=O) groups is 1. The van der Waals surface area contributed by atoms with Gasteiger partial charge in [0.15, 0.2) is 5.60 Å². The highest BCUT2D eigenvalue weighted by molar-refractivity contribution is 5.87. The van der Waals surface area contributed by atoms with Crippen LogP contribution in [0.4, 0.5) is 26.3 Å². The summed E-state index contributed by atoms with van der Waals surface area (Å²) in [5.41, 5.74) is -8.88. The van der Waals surface area contributed by atoms with E-state index in [9.17, 15) is 31.1 Å². The van der Waals surface area contributed by atoms with Gasteiger partial charge in [0, 0.05) is 5.57 Å². The Bertz CT molecular complexity index is 366. The molecular formula is C10H12F6O3. The first-order valence-electron chi connectivity index (χ1n) is 4.82. The van der Waals surface area contributed by atoms with Crippen LogP contribution >= 0.6 is 0 Å². The lowest BCUT2D eigenvalue weighted by Crippen LogP contribution is -2.69. The van der Waals surface area contributed by atoms with E-state index < -0.39 is 35.1 Å². The Hall–Kier alpha value is -1.25. The fourth-order valence-corrected chi connectivity index (χ4v) is 1.24. The maximum atomic E-state index is 12.6. The quantitative estimate of drug-likeness (QED) is 0.494. The summed E-state index contributed by atoms with van der Waals surface area (Å²) in [5, 5.41) is 9.09. The van der Waals surface area contributed by atoms with Crippen LogP contribution in [0, 0.1) is 0 Å². The summed E-state index contributed by atoms with van der Waals surface area (Å²) in [6, 6.07) is 0. The van der Waals surface area contributed by atoms with E-state index in [4.69, 9.17) is 5.11 Å². The smallest absolute Gasteiger partial charge is 0.430 e. The maximum absolute atomic E-state index is 12.6. The lowest BCUT2D eigenvalue weighted by Gasteiger charge is -2.43. The Balaban J connectivity index is 5.77. The van der Waals surface area contributed by atoms with Crippen molar-refractivity contribution in [1.29, 1.82) is 0 Å². The average Bonchev–Trinajstić information content (AvgIpc) is 2.11. The SMILES string of the molecule is C=C(C)C(=O)OC(C)(C)C(O)(C(F)(F)F)C(F)(F)F. The van der Waals surface area contributed by atoms with Crippen molar-refractivity contribution in [3.05, 3.63) is 12.2 Å². The third-order valence-corrected chi connectivity index (χ3v) is 2.39. The van der Waals surface area contributed by atoms with Gasteiger partial charge in [-0.25, -0.2) is 4.79 Å². The van der Waals surface area contributed by atoms with Crippen molar-refractivity contribution in [1.82, 2.24) is 0 Å². The highest BCUT2D eigenvalue weighted by atomic mass is 19.4. The van der Waals surface area contributed by atoms with Crippen LogP contribution in [0.5, 0.6) is 0 Å². The number of rotatable bonds is 3. The van der Waals surface area contributed by atoms with Gasteiger partial charge in [-0.05, 0) is 20.8 Å². The summed E-state index contributed by atoms with van der Waals surface area (Å²) in [4.78, 5) is 11.1. The molecule has 0 unspecified atom stereocenters. The van der Waals surface area contributed by atoms with E-state index in [-0.39, 0.29) is 0 Å². The molecule has 0 aromatic heterocycles. The zero-order valence-electron chi connectivity index (χ0n) is 10.2. The number of halogens is 6. The van der Waals surface area contributed by atoms with Gasteiger partial charge in [-0.3, -0.25) is 0 Å². The van der Waals surface area contributed by atoms with Crippen molar-refractivity contribution in [2.24, 2.45) is 0 Å². The molecule has 0 amide bonds. The molecule has 112 valence electrons. The van der Waals surface area contributed by atoms with E-state index in [1.54, 1.807) is 0 Å². The van der Waals surface area contributed by atoms with Crippen LogP contribution in [0.25, 0.3) is 0 Å². The molecule has 1 N–H and O–H groups in total. The fourth-order valence-electron chi connectivity index (χ4n) is 1.24. The number of carbonyl (C=O) groups excluding carboxylic acids is 1. The molecule has 0 saturated heterocycles. The van der Waals surface area contributed by atoms with Crippen LogP contribution in [-0.4, -0.2) is 34.6 Å². The number of hydrogen-bond donors (Lipinski definition) is 1. The lowest BCUT2D eigenvalue weighted by molar-refractivity contribution is -0.407. The van der Waals surface area contributed by atoms with Gasteiger partial charge in [0.05, 0.1) is 0 Å². The van der Waals surface area contributed by atoms with Gasteiger partial charge in [-0.15, -0.1) is 0 Å². The molecular weight excluding hydrogens is 282 g/mol. The molecule has 3 nitrogen and oxygen atoms in total. The molecule has 0 bridgehead atoms. The highest BCUT2D eigenvalue weighted by Gasteiger charge is 2.78. The molecule has 0 fully saturated rings. The summed E-state index contributed by atoms with van der Waals surface area (Å²) in [7, 11) is 0. The Labute approximate surface area is 104 Å². The Kier molecular flexibility index (Phi) is 4.39. The molecule has 19 heavy (non-hydrogen) atoms. The number of esters is 1. The molecule has 0 atom stereocenters. The summed E-state index contributed by atoms with van der Waals surface area (Å²) in [5.74, 6) is -1.48. The molecule has 0 aromatic rings. The maximum Gasteiger partial charge on any atom is 0.430 e. The first-order chi connectivity index (χ1) is 8.08. The van der Waals surface area contributed by atoms with Crippen LogP contribution < -0.4 is 0 Å². The lowest BCUT2D eigenvalue weighted by atomic mass is 9.84. The Morgan fingerprint density at radius 2 is 1.37 bits per heavy atom. The van der Waals surface area contributed by atoms with Crippen molar-refractivity contribution in [2.75, 3.05) is 0 Å². The van der Waals surface area contributed by atoms with Crippen molar-refractivity contribution in [3.63, 3.8) is 0 Å². The Morgan fingerprint density at radius 3 is 1.58 bits per heavy atom. The predicted molar refractivity (Wildman–Crippen MR) is 52.0 cm³/mol. The second-order valence-corrected chi connectivity index (χ2v) is 4.39. The zero-order chi connectivity index (χ0) is 15.9. The topological polar surface area (TPSA) is 46.5 Å². The van der Waals surface area contributed by atoms with E-state index in [1.807, 2.05) is 0 Å². The van der Waals surface area contributed by atoms with Crippen LogP contribution in [-0.2, 0) is 9.53 Å². The van der Waals surface area contributed by atoms with Gasteiger partial charge in [-0.2, -0.15) is 26.3 Å². The van der Waals surface area contributed by atoms with Crippen molar-refractivity contribution < 1.29 is 41.0 Å². The number of alkyl halides is 6. The zero-order valence-corrected chi connectivity index (χ0v) is 10.2. The summed E-state index contributed by atoms with van der Waals surface area (Å²) < 4.78 is 79.5. The molecule has 0 aliphatic carbocycles. The van der Waals surface area contributed by atoms with Crippen molar-refractivity contribution in [3.8, 4) is 0 Å². The monoisotopic (exact) mass is 294 g/mol. The van der Waals surface area contributed by atoms with Crippen LogP contribution in [0.15, 0.2) is 12.2 Å². The standard InChI is InChI=1S/C10H12F6O3/c1-5(2)6(17)19-7(3,4)8(18,9(11,12)13)10(14,15)16/h18H,1H2,2-4H3. The molecule has 0 radical (unpaired) electrons. The predicted octanol–water partition coefficient (Wildman–Crippen LogP) is 2.74. The van der Waals surface area contributed by atoms with Crippen LogP contribution in [0.2, 0.25) is 0 Å². The minimum Gasteiger partial charge on any atom is -0.452 e. The molecule has 9 heteroatoms. The van der Waals surface area contributed by atoms with E-state index in [1.165, 1.54) is 0 Å². The third-order valence-electron chi connectivity index (χ3n) is 2.39. The van der Waals surface area contributed by atoms with Gasteiger partial charge in [-0.1, -0.05) is 6.58 Å². The highest BCUT2D eigenvalue weighted by Crippen LogP contribution is 2.50. The van der Waals surface area contributed by atoms with E-state index >= 15 is 0 Å². The van der Waals surface area contributed by atoms with Crippen molar-refractivity contribution in [2.45, 2.75) is 44.3 Å². The number of hydrogen-bond acceptors (Lipinski definition) is 3. The molecule has 0 rings (SSSR count).